The first-order chi connectivity index (χ1) is 16.3. The predicted octanol–water partition coefficient (Wildman–Crippen LogP) is 6.06. The van der Waals surface area contributed by atoms with E-state index in [4.69, 9.17) is 4.99 Å². The Balaban J connectivity index is 1.66. The van der Waals surface area contributed by atoms with Gasteiger partial charge in [0.1, 0.15) is 5.84 Å². The van der Waals surface area contributed by atoms with Crippen LogP contribution in [-0.4, -0.2) is 29.7 Å². The Morgan fingerprint density at radius 2 is 1.03 bits per heavy atom. The van der Waals surface area contributed by atoms with Crippen molar-refractivity contribution in [2.24, 2.45) is 4.99 Å². The van der Waals surface area contributed by atoms with E-state index in [1.807, 2.05) is 102 Å². The van der Waals surface area contributed by atoms with Gasteiger partial charge in [0.2, 0.25) is 0 Å². The van der Waals surface area contributed by atoms with Gasteiger partial charge >= 0.3 is 0 Å². The number of nitrogens with zero attached hydrogens (tertiary/aromatic N) is 2. The van der Waals surface area contributed by atoms with Gasteiger partial charge in [-0.1, -0.05) is 109 Å². The van der Waals surface area contributed by atoms with E-state index >= 15 is 0 Å². The molecule has 0 aromatic heterocycles. The SMILES string of the molecule is O=C(c1ccccc1)N(CCc1ccccc1)C(=NCCc1ccccc1)c1ccccc1. The van der Waals surface area contributed by atoms with Crippen LogP contribution in [0.3, 0.4) is 0 Å². The smallest absolute Gasteiger partial charge is 0.259 e. The van der Waals surface area contributed by atoms with Crippen LogP contribution in [-0.2, 0) is 12.8 Å². The molecule has 4 rings (SSSR count). The highest BCUT2D eigenvalue weighted by Gasteiger charge is 2.22. The highest BCUT2D eigenvalue weighted by atomic mass is 16.2. The summed E-state index contributed by atoms with van der Waals surface area (Å²) in [7, 11) is 0. The molecule has 33 heavy (non-hydrogen) atoms. The summed E-state index contributed by atoms with van der Waals surface area (Å²) in [6, 6.07) is 40.1. The van der Waals surface area contributed by atoms with E-state index in [2.05, 4.69) is 24.3 Å². The molecule has 0 radical (unpaired) electrons. The first-order valence-electron chi connectivity index (χ1n) is 11.4. The molecule has 0 saturated carbocycles. The monoisotopic (exact) mass is 432 g/mol. The second-order valence-corrected chi connectivity index (χ2v) is 7.87. The number of carbonyl (C=O) groups is 1. The average molecular weight is 433 g/mol. The third-order valence-electron chi connectivity index (χ3n) is 5.53. The molecule has 0 N–H and O–H groups in total. The zero-order valence-corrected chi connectivity index (χ0v) is 18.7. The van der Waals surface area contributed by atoms with Crippen LogP contribution < -0.4 is 0 Å². The summed E-state index contributed by atoms with van der Waals surface area (Å²) >= 11 is 0. The minimum atomic E-state index is -0.0335. The predicted molar refractivity (Wildman–Crippen MR) is 136 cm³/mol. The van der Waals surface area contributed by atoms with Crippen molar-refractivity contribution in [1.29, 1.82) is 0 Å². The molecule has 0 aliphatic rings. The molecule has 1 amide bonds. The van der Waals surface area contributed by atoms with Gasteiger partial charge in [-0.15, -0.1) is 0 Å². The molecule has 0 aliphatic heterocycles. The molecule has 0 heterocycles. The third-order valence-corrected chi connectivity index (χ3v) is 5.53. The van der Waals surface area contributed by atoms with E-state index in [0.717, 1.165) is 24.2 Å². The van der Waals surface area contributed by atoms with Gasteiger partial charge in [-0.25, -0.2) is 0 Å². The van der Waals surface area contributed by atoms with Gasteiger partial charge in [-0.3, -0.25) is 14.7 Å². The Labute approximate surface area is 196 Å². The maximum absolute atomic E-state index is 13.7. The van der Waals surface area contributed by atoms with E-state index in [0.29, 0.717) is 18.7 Å². The van der Waals surface area contributed by atoms with Crippen LogP contribution in [0.5, 0.6) is 0 Å². The van der Waals surface area contributed by atoms with Gasteiger partial charge in [0, 0.05) is 24.2 Å². The van der Waals surface area contributed by atoms with Gasteiger partial charge in [-0.05, 0) is 36.1 Å². The number of hydrogen-bond donors (Lipinski definition) is 0. The highest BCUT2D eigenvalue weighted by molar-refractivity contribution is 6.12. The van der Waals surface area contributed by atoms with Crippen molar-refractivity contribution in [2.75, 3.05) is 13.1 Å². The van der Waals surface area contributed by atoms with E-state index < -0.39 is 0 Å². The molecule has 0 aliphatic carbocycles. The molecular formula is C30H28N2O. The van der Waals surface area contributed by atoms with Crippen LogP contribution >= 0.6 is 0 Å². The van der Waals surface area contributed by atoms with E-state index in [1.165, 1.54) is 11.1 Å². The topological polar surface area (TPSA) is 32.7 Å². The van der Waals surface area contributed by atoms with Crippen LogP contribution in [0.1, 0.15) is 27.0 Å². The molecule has 0 spiro atoms. The maximum atomic E-state index is 13.7. The Morgan fingerprint density at radius 1 is 0.576 bits per heavy atom. The number of benzene rings is 4. The lowest BCUT2D eigenvalue weighted by Gasteiger charge is -2.25. The number of aliphatic imine (C=N–C) groups is 1. The fourth-order valence-electron chi connectivity index (χ4n) is 3.78. The second kappa shape index (κ2) is 11.6. The normalized spacial score (nSPS) is 11.2. The van der Waals surface area contributed by atoms with Crippen LogP contribution in [0, 0.1) is 0 Å². The maximum Gasteiger partial charge on any atom is 0.259 e. The van der Waals surface area contributed by atoms with Crippen molar-refractivity contribution >= 4 is 11.7 Å². The quantitative estimate of drug-likeness (QED) is 0.246. The van der Waals surface area contributed by atoms with Crippen molar-refractivity contribution in [3.8, 4) is 0 Å². The van der Waals surface area contributed by atoms with Crippen molar-refractivity contribution in [2.45, 2.75) is 12.8 Å². The van der Waals surface area contributed by atoms with Gasteiger partial charge < -0.3 is 0 Å². The number of carbonyl (C=O) groups excluding carboxylic acids is 1. The Morgan fingerprint density at radius 3 is 1.58 bits per heavy atom. The van der Waals surface area contributed by atoms with E-state index in [-0.39, 0.29) is 5.91 Å². The summed E-state index contributed by atoms with van der Waals surface area (Å²) in [5.74, 6) is 0.685. The standard InChI is InChI=1S/C30H28N2O/c33-30(28-19-11-4-12-20-28)32(24-22-26-15-7-2-8-16-26)29(27-17-9-3-10-18-27)31-23-21-25-13-5-1-6-14-25/h1-20H,21-24H2. The minimum absolute atomic E-state index is 0.0335. The number of amidine groups is 1. The van der Waals surface area contributed by atoms with Crippen LogP contribution in [0.2, 0.25) is 0 Å². The number of rotatable bonds is 8. The first-order valence-corrected chi connectivity index (χ1v) is 11.4. The Hall–Kier alpha value is -3.98. The van der Waals surface area contributed by atoms with Crippen molar-refractivity contribution in [3.05, 3.63) is 144 Å². The summed E-state index contributed by atoms with van der Waals surface area (Å²) in [5, 5.41) is 0. The Bertz CT molecular complexity index is 1160. The molecule has 0 saturated heterocycles. The van der Waals surface area contributed by atoms with Crippen molar-refractivity contribution in [1.82, 2.24) is 4.90 Å². The van der Waals surface area contributed by atoms with E-state index in [9.17, 15) is 4.79 Å². The summed E-state index contributed by atoms with van der Waals surface area (Å²) in [6.07, 6.45) is 1.58. The molecule has 164 valence electrons. The molecular weight excluding hydrogens is 404 g/mol. The number of hydrogen-bond acceptors (Lipinski definition) is 2. The lowest BCUT2D eigenvalue weighted by molar-refractivity contribution is 0.0848. The summed E-state index contributed by atoms with van der Waals surface area (Å²) in [5.41, 5.74) is 4.04. The summed E-state index contributed by atoms with van der Waals surface area (Å²) < 4.78 is 0. The molecule has 0 atom stereocenters. The van der Waals surface area contributed by atoms with Gasteiger partial charge in [0.25, 0.3) is 5.91 Å². The lowest BCUT2D eigenvalue weighted by atomic mass is 10.1. The van der Waals surface area contributed by atoms with Crippen molar-refractivity contribution in [3.63, 3.8) is 0 Å². The minimum Gasteiger partial charge on any atom is -0.292 e. The van der Waals surface area contributed by atoms with Gasteiger partial charge in [0.05, 0.1) is 0 Å². The first kappa shape index (κ1) is 22.2. The van der Waals surface area contributed by atoms with Crippen molar-refractivity contribution < 1.29 is 4.79 Å². The largest absolute Gasteiger partial charge is 0.292 e. The molecule has 0 bridgehead atoms. The number of amides is 1. The molecule has 3 heteroatoms. The van der Waals surface area contributed by atoms with Gasteiger partial charge in [0.15, 0.2) is 0 Å². The molecule has 0 unspecified atom stereocenters. The molecule has 4 aromatic carbocycles. The van der Waals surface area contributed by atoms with Crippen LogP contribution in [0.4, 0.5) is 0 Å². The van der Waals surface area contributed by atoms with Crippen LogP contribution in [0.15, 0.2) is 126 Å². The Kier molecular flexibility index (Phi) is 7.80. The zero-order valence-electron chi connectivity index (χ0n) is 18.7. The molecule has 0 fully saturated rings. The summed E-state index contributed by atoms with van der Waals surface area (Å²) in [6.45, 7) is 1.16. The second-order valence-electron chi connectivity index (χ2n) is 7.87. The fourth-order valence-corrected chi connectivity index (χ4v) is 3.78. The summed E-state index contributed by atoms with van der Waals surface area (Å²) in [4.78, 5) is 20.5. The fraction of sp³-hybridized carbons (Fsp3) is 0.133. The molecule has 4 aromatic rings. The molecule has 3 nitrogen and oxygen atoms in total. The highest BCUT2D eigenvalue weighted by Crippen LogP contribution is 2.14. The van der Waals surface area contributed by atoms with Crippen LogP contribution in [0.25, 0.3) is 0 Å². The van der Waals surface area contributed by atoms with E-state index in [1.54, 1.807) is 0 Å². The van der Waals surface area contributed by atoms with Gasteiger partial charge in [-0.2, -0.15) is 0 Å². The zero-order chi connectivity index (χ0) is 22.7. The lowest BCUT2D eigenvalue weighted by Crippen LogP contribution is -2.39. The average Bonchev–Trinajstić information content (AvgIpc) is 2.90. The third kappa shape index (κ3) is 6.27.